The van der Waals surface area contributed by atoms with E-state index in [9.17, 15) is 22.9 Å². The second-order valence-corrected chi connectivity index (χ2v) is 7.77. The van der Waals surface area contributed by atoms with Crippen molar-refractivity contribution in [3.05, 3.63) is 64.0 Å². The van der Waals surface area contributed by atoms with Gasteiger partial charge in [-0.3, -0.25) is 10.1 Å². The zero-order valence-electron chi connectivity index (χ0n) is 15.2. The Bertz CT molecular complexity index is 897. The molecule has 27 heavy (non-hydrogen) atoms. The first-order chi connectivity index (χ1) is 12.8. The van der Waals surface area contributed by atoms with Gasteiger partial charge in [0.1, 0.15) is 11.5 Å². The van der Waals surface area contributed by atoms with Gasteiger partial charge in [-0.15, -0.1) is 0 Å². The number of benzene rings is 2. The number of anilines is 1. The third kappa shape index (κ3) is 5.01. The van der Waals surface area contributed by atoms with E-state index in [1.165, 1.54) is 28.6 Å². The molecule has 0 radical (unpaired) electrons. The van der Waals surface area contributed by atoms with Gasteiger partial charge >= 0.3 is 0 Å². The molecule has 0 aromatic heterocycles. The van der Waals surface area contributed by atoms with E-state index in [2.05, 4.69) is 5.32 Å². The van der Waals surface area contributed by atoms with Crippen molar-refractivity contribution in [1.82, 2.24) is 4.31 Å². The molecule has 1 N–H and O–H groups in total. The molecule has 0 saturated heterocycles. The summed E-state index contributed by atoms with van der Waals surface area (Å²) in [5.41, 5.74) is 0.815. The van der Waals surface area contributed by atoms with Crippen LogP contribution in [-0.4, -0.2) is 37.3 Å². The Balaban J connectivity index is 2.20. The normalized spacial score (nSPS) is 11.6. The number of sulfonamides is 1. The molecule has 0 aliphatic heterocycles. The summed E-state index contributed by atoms with van der Waals surface area (Å²) in [6.07, 6.45) is 0.539. The Hall–Kier alpha value is -2.52. The van der Waals surface area contributed by atoms with Crippen LogP contribution >= 0.6 is 0 Å². The summed E-state index contributed by atoms with van der Waals surface area (Å²) in [6.45, 7) is 4.37. The largest absolute Gasteiger partial charge is 0.379 e. The molecule has 0 unspecified atom stereocenters. The minimum atomic E-state index is -3.78. The summed E-state index contributed by atoms with van der Waals surface area (Å²) in [5.74, 6) is -0.327. The second-order valence-electron chi connectivity index (χ2n) is 5.83. The summed E-state index contributed by atoms with van der Waals surface area (Å²) in [5, 5.41) is 14.3. The number of nitro groups is 1. The van der Waals surface area contributed by atoms with Crippen LogP contribution in [0.15, 0.2) is 47.4 Å². The fourth-order valence-corrected chi connectivity index (χ4v) is 4.16. The number of nitrogens with zero attached hydrogens (tertiary/aromatic N) is 2. The van der Waals surface area contributed by atoms with Crippen molar-refractivity contribution in [2.24, 2.45) is 0 Å². The first-order valence-corrected chi connectivity index (χ1v) is 10.0. The first kappa shape index (κ1) is 20.8. The summed E-state index contributed by atoms with van der Waals surface area (Å²) >= 11 is 0. The highest BCUT2D eigenvalue weighted by molar-refractivity contribution is 7.89. The molecule has 0 aliphatic carbocycles. The molecule has 2 rings (SSSR count). The molecule has 2 aromatic rings. The molecule has 0 aliphatic rings. The van der Waals surface area contributed by atoms with E-state index in [0.717, 1.165) is 11.6 Å². The molecule has 0 bridgehead atoms. The number of hydrogen-bond donors (Lipinski definition) is 1. The minimum absolute atomic E-state index is 0.109. The van der Waals surface area contributed by atoms with E-state index in [1.807, 2.05) is 0 Å². The number of nitro benzene ring substituents is 1. The van der Waals surface area contributed by atoms with E-state index in [4.69, 9.17) is 0 Å². The highest BCUT2D eigenvalue weighted by Crippen LogP contribution is 2.29. The third-order valence-corrected chi connectivity index (χ3v) is 6.20. The van der Waals surface area contributed by atoms with Crippen molar-refractivity contribution < 1.29 is 17.7 Å². The highest BCUT2D eigenvalue weighted by atomic mass is 32.2. The smallest absolute Gasteiger partial charge is 0.293 e. The van der Waals surface area contributed by atoms with E-state index in [0.29, 0.717) is 13.0 Å². The van der Waals surface area contributed by atoms with Gasteiger partial charge in [0, 0.05) is 25.7 Å². The van der Waals surface area contributed by atoms with Crippen LogP contribution in [0.1, 0.15) is 19.4 Å². The minimum Gasteiger partial charge on any atom is -0.379 e. The fraction of sp³-hybridized carbons (Fsp3) is 0.333. The van der Waals surface area contributed by atoms with E-state index in [1.54, 1.807) is 26.0 Å². The zero-order chi connectivity index (χ0) is 20.0. The van der Waals surface area contributed by atoms with Crippen LogP contribution in [0.2, 0.25) is 0 Å². The Morgan fingerprint density at radius 2 is 1.74 bits per heavy atom. The average Bonchev–Trinajstić information content (AvgIpc) is 2.64. The van der Waals surface area contributed by atoms with Gasteiger partial charge in [-0.25, -0.2) is 12.8 Å². The second kappa shape index (κ2) is 8.92. The summed E-state index contributed by atoms with van der Waals surface area (Å²) in [6, 6.07) is 9.83. The lowest BCUT2D eigenvalue weighted by Gasteiger charge is -2.18. The van der Waals surface area contributed by atoms with Crippen molar-refractivity contribution in [1.29, 1.82) is 0 Å². The van der Waals surface area contributed by atoms with Crippen LogP contribution in [0.4, 0.5) is 15.8 Å². The zero-order valence-corrected chi connectivity index (χ0v) is 16.0. The summed E-state index contributed by atoms with van der Waals surface area (Å²) in [4.78, 5) is 10.7. The molecule has 7 nitrogen and oxygen atoms in total. The number of hydrogen-bond acceptors (Lipinski definition) is 5. The Morgan fingerprint density at radius 1 is 1.11 bits per heavy atom. The third-order valence-electron chi connectivity index (χ3n) is 4.15. The van der Waals surface area contributed by atoms with E-state index in [-0.39, 0.29) is 35.2 Å². The highest BCUT2D eigenvalue weighted by Gasteiger charge is 2.25. The van der Waals surface area contributed by atoms with Crippen LogP contribution in [0.3, 0.4) is 0 Å². The van der Waals surface area contributed by atoms with Crippen LogP contribution in [0.25, 0.3) is 0 Å². The van der Waals surface area contributed by atoms with E-state index >= 15 is 0 Å². The predicted molar refractivity (Wildman–Crippen MR) is 102 cm³/mol. The topological polar surface area (TPSA) is 92.6 Å². The van der Waals surface area contributed by atoms with Crippen molar-refractivity contribution in [2.75, 3.05) is 25.0 Å². The van der Waals surface area contributed by atoms with Crippen LogP contribution in [0.5, 0.6) is 0 Å². The van der Waals surface area contributed by atoms with Crippen LogP contribution < -0.4 is 5.32 Å². The molecule has 0 fully saturated rings. The molecule has 0 heterocycles. The number of rotatable bonds is 9. The molecule has 146 valence electrons. The summed E-state index contributed by atoms with van der Waals surface area (Å²) in [7, 11) is -3.78. The lowest BCUT2D eigenvalue weighted by Crippen LogP contribution is -2.30. The molecule has 2 aromatic carbocycles. The van der Waals surface area contributed by atoms with Gasteiger partial charge in [0.05, 0.1) is 9.82 Å². The van der Waals surface area contributed by atoms with Gasteiger partial charge in [-0.1, -0.05) is 26.0 Å². The Kier molecular flexibility index (Phi) is 6.86. The van der Waals surface area contributed by atoms with Gasteiger partial charge in [0.15, 0.2) is 0 Å². The van der Waals surface area contributed by atoms with Gasteiger partial charge in [-0.2, -0.15) is 4.31 Å². The molecule has 9 heteroatoms. The maximum absolute atomic E-state index is 12.9. The SMILES string of the molecule is CCN(CC)S(=O)(=O)c1ccc(NCCc2ccc(F)cc2)c([N+](=O)[O-])c1. The van der Waals surface area contributed by atoms with Gasteiger partial charge in [-0.05, 0) is 36.2 Å². The van der Waals surface area contributed by atoms with Crippen molar-refractivity contribution in [2.45, 2.75) is 25.2 Å². The molecular formula is C18H22FN3O4S. The molecule has 0 saturated carbocycles. The van der Waals surface area contributed by atoms with E-state index < -0.39 is 14.9 Å². The van der Waals surface area contributed by atoms with Gasteiger partial charge < -0.3 is 5.32 Å². The van der Waals surface area contributed by atoms with Gasteiger partial charge in [0.2, 0.25) is 10.0 Å². The predicted octanol–water partition coefficient (Wildman–Crippen LogP) is 3.42. The Labute approximate surface area is 158 Å². The van der Waals surface area contributed by atoms with Crippen LogP contribution in [-0.2, 0) is 16.4 Å². The monoisotopic (exact) mass is 395 g/mol. The maximum atomic E-state index is 12.9. The fourth-order valence-electron chi connectivity index (χ4n) is 2.68. The quantitative estimate of drug-likeness (QED) is 0.519. The average molecular weight is 395 g/mol. The standard InChI is InChI=1S/C18H22FN3O4S/c1-3-21(4-2)27(25,26)16-9-10-17(18(13-16)22(23)24)20-12-11-14-5-7-15(19)8-6-14/h5-10,13,20H,3-4,11-12H2,1-2H3. The van der Waals surface area contributed by atoms with Crippen molar-refractivity contribution in [3.63, 3.8) is 0 Å². The van der Waals surface area contributed by atoms with Crippen molar-refractivity contribution >= 4 is 21.4 Å². The van der Waals surface area contributed by atoms with Gasteiger partial charge in [0.25, 0.3) is 5.69 Å². The molecule has 0 spiro atoms. The first-order valence-electron chi connectivity index (χ1n) is 8.56. The molecule has 0 atom stereocenters. The van der Waals surface area contributed by atoms with Crippen molar-refractivity contribution in [3.8, 4) is 0 Å². The maximum Gasteiger partial charge on any atom is 0.293 e. The summed E-state index contributed by atoms with van der Waals surface area (Å²) < 4.78 is 39.3. The lowest BCUT2D eigenvalue weighted by molar-refractivity contribution is -0.384. The molecular weight excluding hydrogens is 373 g/mol. The number of nitrogens with one attached hydrogen (secondary N) is 1. The lowest BCUT2D eigenvalue weighted by atomic mass is 10.1. The number of halogens is 1. The van der Waals surface area contributed by atoms with Crippen LogP contribution in [0, 0.1) is 15.9 Å². The Morgan fingerprint density at radius 3 is 2.30 bits per heavy atom. The molecule has 0 amide bonds.